The molecule has 2 aromatic carbocycles. The van der Waals surface area contributed by atoms with Gasteiger partial charge in [0, 0.05) is 26.6 Å². The second-order valence-electron chi connectivity index (χ2n) is 10.3. The number of hydrogen-bond acceptors (Lipinski definition) is 6. The highest BCUT2D eigenvalue weighted by Crippen LogP contribution is 2.33. The molecule has 1 aliphatic heterocycles. The fourth-order valence-electron chi connectivity index (χ4n) is 3.95. The number of likely N-dealkylation sites (N-methyl/N-ethyl adjacent to an activating group) is 2. The summed E-state index contributed by atoms with van der Waals surface area (Å²) in [5.74, 6) is 0.830. The molecule has 9 nitrogen and oxygen atoms in total. The van der Waals surface area contributed by atoms with Gasteiger partial charge < -0.3 is 29.3 Å². The lowest BCUT2D eigenvalue weighted by Crippen LogP contribution is -2.52. The predicted molar refractivity (Wildman–Crippen MR) is 139 cm³/mol. The van der Waals surface area contributed by atoms with Gasteiger partial charge >= 0.3 is 6.09 Å². The van der Waals surface area contributed by atoms with E-state index in [4.69, 9.17) is 14.2 Å². The van der Waals surface area contributed by atoms with Gasteiger partial charge in [0.15, 0.2) is 11.5 Å². The summed E-state index contributed by atoms with van der Waals surface area (Å²) >= 11 is 0. The second-order valence-corrected chi connectivity index (χ2v) is 10.3. The first-order valence-electron chi connectivity index (χ1n) is 12.4. The van der Waals surface area contributed by atoms with Gasteiger partial charge in [-0.1, -0.05) is 36.4 Å². The number of benzene rings is 2. The maximum Gasteiger partial charge on any atom is 0.408 e. The molecule has 1 N–H and O–H groups in total. The van der Waals surface area contributed by atoms with E-state index in [1.807, 2.05) is 55.5 Å². The Hall–Kier alpha value is -3.75. The van der Waals surface area contributed by atoms with E-state index in [0.29, 0.717) is 17.9 Å². The number of hydrogen-bond donors (Lipinski definition) is 1. The fraction of sp³-hybridized carbons (Fsp3) is 0.464. The van der Waals surface area contributed by atoms with E-state index in [1.54, 1.807) is 39.8 Å². The maximum atomic E-state index is 13.3. The number of fused-ring (bicyclic) bond motifs is 1. The summed E-state index contributed by atoms with van der Waals surface area (Å²) in [6.45, 7) is 7.31. The summed E-state index contributed by atoms with van der Waals surface area (Å²) in [7, 11) is 3.28. The Morgan fingerprint density at radius 1 is 0.973 bits per heavy atom. The molecule has 2 aromatic rings. The van der Waals surface area contributed by atoms with Gasteiger partial charge in [-0.05, 0) is 57.4 Å². The average molecular weight is 512 g/mol. The number of ether oxygens (including phenoxy) is 3. The minimum Gasteiger partial charge on any atom is -0.454 e. The van der Waals surface area contributed by atoms with Crippen LogP contribution in [0.25, 0.3) is 0 Å². The van der Waals surface area contributed by atoms with E-state index in [1.165, 1.54) is 4.90 Å². The van der Waals surface area contributed by atoms with Crippen molar-refractivity contribution in [1.82, 2.24) is 15.1 Å². The lowest BCUT2D eigenvalue weighted by molar-refractivity contribution is -0.140. The molecule has 0 radical (unpaired) electrons. The first-order valence-corrected chi connectivity index (χ1v) is 12.4. The van der Waals surface area contributed by atoms with Gasteiger partial charge in [-0.3, -0.25) is 9.59 Å². The summed E-state index contributed by atoms with van der Waals surface area (Å²) in [4.78, 5) is 41.8. The van der Waals surface area contributed by atoms with Crippen molar-refractivity contribution in [2.75, 3.05) is 27.4 Å². The molecule has 0 spiro atoms. The lowest BCUT2D eigenvalue weighted by Gasteiger charge is -2.29. The zero-order valence-corrected chi connectivity index (χ0v) is 22.4. The molecule has 0 fully saturated rings. The SMILES string of the molecule is CC(Cc1ccc2c(c1)OCO2)N(C)C(=O)CN(C)C(=O)C(Cc1ccccc1)NC(=O)OC(C)(C)C. The molecular weight excluding hydrogens is 474 g/mol. The third-order valence-corrected chi connectivity index (χ3v) is 6.04. The second kappa shape index (κ2) is 12.0. The van der Waals surface area contributed by atoms with E-state index in [0.717, 1.165) is 11.1 Å². The topological polar surface area (TPSA) is 97.4 Å². The zero-order chi connectivity index (χ0) is 27.2. The van der Waals surface area contributed by atoms with Gasteiger partial charge in [-0.25, -0.2) is 4.79 Å². The van der Waals surface area contributed by atoms with Crippen LogP contribution in [-0.4, -0.2) is 72.8 Å². The maximum absolute atomic E-state index is 13.3. The van der Waals surface area contributed by atoms with Gasteiger partial charge in [0.25, 0.3) is 0 Å². The Kier molecular flexibility index (Phi) is 9.02. The summed E-state index contributed by atoms with van der Waals surface area (Å²) in [6, 6.07) is 14.1. The van der Waals surface area contributed by atoms with Crippen LogP contribution in [0.5, 0.6) is 11.5 Å². The number of carbonyl (C=O) groups excluding carboxylic acids is 3. The minimum atomic E-state index is -0.883. The van der Waals surface area contributed by atoms with Gasteiger partial charge in [-0.2, -0.15) is 0 Å². The van der Waals surface area contributed by atoms with Crippen molar-refractivity contribution in [2.24, 2.45) is 0 Å². The summed E-state index contributed by atoms with van der Waals surface area (Å²) < 4.78 is 16.2. The smallest absolute Gasteiger partial charge is 0.408 e. The molecule has 0 bridgehead atoms. The molecule has 0 saturated heterocycles. The number of amides is 3. The first-order chi connectivity index (χ1) is 17.4. The molecule has 0 saturated carbocycles. The van der Waals surface area contributed by atoms with E-state index in [2.05, 4.69) is 5.32 Å². The number of nitrogens with zero attached hydrogens (tertiary/aromatic N) is 2. The first kappa shape index (κ1) is 27.8. The van der Waals surface area contributed by atoms with Crippen LogP contribution < -0.4 is 14.8 Å². The van der Waals surface area contributed by atoms with Crippen LogP contribution in [0.2, 0.25) is 0 Å². The molecular formula is C28H37N3O6. The highest BCUT2D eigenvalue weighted by molar-refractivity contribution is 5.89. The Bertz CT molecular complexity index is 1100. The molecule has 0 aliphatic carbocycles. The van der Waals surface area contributed by atoms with Crippen molar-refractivity contribution in [3.8, 4) is 11.5 Å². The van der Waals surface area contributed by atoms with Crippen LogP contribution in [-0.2, 0) is 27.2 Å². The van der Waals surface area contributed by atoms with E-state index in [9.17, 15) is 14.4 Å². The van der Waals surface area contributed by atoms with Crippen LogP contribution in [0.15, 0.2) is 48.5 Å². The largest absolute Gasteiger partial charge is 0.454 e. The van der Waals surface area contributed by atoms with Crippen LogP contribution >= 0.6 is 0 Å². The number of alkyl carbamates (subject to hydrolysis) is 1. The minimum absolute atomic E-state index is 0.114. The van der Waals surface area contributed by atoms with Gasteiger partial charge in [0.2, 0.25) is 18.6 Å². The highest BCUT2D eigenvalue weighted by atomic mass is 16.7. The van der Waals surface area contributed by atoms with Crippen LogP contribution in [0.1, 0.15) is 38.8 Å². The zero-order valence-electron chi connectivity index (χ0n) is 22.4. The number of nitrogens with one attached hydrogen (secondary N) is 1. The molecule has 1 aliphatic rings. The molecule has 0 aromatic heterocycles. The van der Waals surface area contributed by atoms with E-state index < -0.39 is 17.7 Å². The molecule has 37 heavy (non-hydrogen) atoms. The van der Waals surface area contributed by atoms with Crippen molar-refractivity contribution >= 4 is 17.9 Å². The van der Waals surface area contributed by atoms with Crippen molar-refractivity contribution in [3.05, 3.63) is 59.7 Å². The van der Waals surface area contributed by atoms with Crippen LogP contribution in [0.4, 0.5) is 4.79 Å². The average Bonchev–Trinajstić information content (AvgIpc) is 3.30. The number of carbonyl (C=O) groups is 3. The van der Waals surface area contributed by atoms with Crippen molar-refractivity contribution < 1.29 is 28.6 Å². The van der Waals surface area contributed by atoms with E-state index in [-0.39, 0.29) is 37.6 Å². The lowest BCUT2D eigenvalue weighted by atomic mass is 10.0. The van der Waals surface area contributed by atoms with Gasteiger partial charge in [0.05, 0.1) is 6.54 Å². The Morgan fingerprint density at radius 2 is 1.65 bits per heavy atom. The van der Waals surface area contributed by atoms with Gasteiger partial charge in [0.1, 0.15) is 11.6 Å². The van der Waals surface area contributed by atoms with Gasteiger partial charge in [-0.15, -0.1) is 0 Å². The Labute approximate surface area is 218 Å². The van der Waals surface area contributed by atoms with Crippen molar-refractivity contribution in [2.45, 2.75) is 58.2 Å². The van der Waals surface area contributed by atoms with E-state index >= 15 is 0 Å². The highest BCUT2D eigenvalue weighted by Gasteiger charge is 2.29. The molecule has 1 heterocycles. The normalized spacial score (nSPS) is 13.9. The summed E-state index contributed by atoms with van der Waals surface area (Å²) in [5, 5.41) is 2.68. The quantitative estimate of drug-likeness (QED) is 0.554. The van der Waals surface area contributed by atoms with Crippen LogP contribution in [0.3, 0.4) is 0 Å². The molecule has 3 amide bonds. The Morgan fingerprint density at radius 3 is 2.32 bits per heavy atom. The van der Waals surface area contributed by atoms with Crippen LogP contribution in [0, 0.1) is 0 Å². The predicted octanol–water partition coefficient (Wildman–Crippen LogP) is 3.40. The monoisotopic (exact) mass is 511 g/mol. The molecule has 200 valence electrons. The summed E-state index contributed by atoms with van der Waals surface area (Å²) in [5.41, 5.74) is 1.19. The molecule has 2 atom stereocenters. The van der Waals surface area contributed by atoms with Crippen molar-refractivity contribution in [1.29, 1.82) is 0 Å². The Balaban J connectivity index is 1.62. The molecule has 2 unspecified atom stereocenters. The fourth-order valence-corrected chi connectivity index (χ4v) is 3.95. The molecule has 9 heteroatoms. The third kappa shape index (κ3) is 8.13. The molecule has 3 rings (SSSR count). The van der Waals surface area contributed by atoms with Crippen molar-refractivity contribution in [3.63, 3.8) is 0 Å². The summed E-state index contributed by atoms with van der Waals surface area (Å²) in [6.07, 6.45) is 0.206. The standard InChI is InChI=1S/C28H37N3O6/c1-19(14-21-12-13-23-24(16-21)36-18-35-23)31(6)25(32)17-30(5)26(33)22(15-20-10-8-7-9-11-20)29-27(34)37-28(2,3)4/h7-13,16,19,22H,14-15,17-18H2,1-6H3,(H,29,34). The number of rotatable bonds is 9. The third-order valence-electron chi connectivity index (χ3n) is 6.04.